The van der Waals surface area contributed by atoms with E-state index in [4.69, 9.17) is 9.47 Å². The Hall–Kier alpha value is -3.42. The van der Waals surface area contributed by atoms with Crippen LogP contribution in [0.1, 0.15) is 34.0 Å². The highest BCUT2D eigenvalue weighted by molar-refractivity contribution is 5.97. The average molecular weight is 503 g/mol. The summed E-state index contributed by atoms with van der Waals surface area (Å²) in [7, 11) is 3.16. The maximum atomic E-state index is 12.4. The van der Waals surface area contributed by atoms with Crippen molar-refractivity contribution in [2.45, 2.75) is 26.7 Å². The van der Waals surface area contributed by atoms with E-state index in [0.29, 0.717) is 5.56 Å². The summed E-state index contributed by atoms with van der Waals surface area (Å²) in [4.78, 5) is 21.9. The molecule has 0 unspecified atom stereocenters. The number of rotatable bonds is 11. The van der Waals surface area contributed by atoms with Crippen LogP contribution in [0, 0.1) is 6.92 Å². The molecule has 7 heteroatoms. The van der Waals surface area contributed by atoms with Crippen molar-refractivity contribution in [3.05, 3.63) is 77.0 Å². The van der Waals surface area contributed by atoms with Gasteiger partial charge in [0.2, 0.25) is 0 Å². The Bertz CT molecular complexity index is 1170. The lowest BCUT2D eigenvalue weighted by molar-refractivity contribution is 0.0847. The molecule has 1 fully saturated rings. The topological polar surface area (TPSA) is 66.9 Å². The molecule has 4 rings (SSSR count). The van der Waals surface area contributed by atoms with Gasteiger partial charge >= 0.3 is 0 Å². The van der Waals surface area contributed by atoms with Crippen molar-refractivity contribution in [2.75, 3.05) is 63.8 Å². The van der Waals surface area contributed by atoms with Gasteiger partial charge in [-0.1, -0.05) is 13.0 Å². The van der Waals surface area contributed by atoms with E-state index in [2.05, 4.69) is 57.4 Å². The zero-order chi connectivity index (χ0) is 26.2. The first-order valence-corrected chi connectivity index (χ1v) is 13.0. The van der Waals surface area contributed by atoms with Crippen molar-refractivity contribution in [3.63, 3.8) is 0 Å². The fourth-order valence-corrected chi connectivity index (χ4v) is 4.74. The maximum absolute atomic E-state index is 12.4. The second-order valence-corrected chi connectivity index (χ2v) is 9.46. The van der Waals surface area contributed by atoms with Gasteiger partial charge in [-0.3, -0.25) is 4.79 Å². The number of ketones is 1. The Balaban J connectivity index is 1.35. The number of piperazine rings is 1. The van der Waals surface area contributed by atoms with Gasteiger partial charge in [-0.15, -0.1) is 0 Å². The number of hydrogen-bond acceptors (Lipinski definition) is 7. The Labute approximate surface area is 220 Å². The van der Waals surface area contributed by atoms with Crippen molar-refractivity contribution in [1.82, 2.24) is 9.88 Å². The summed E-state index contributed by atoms with van der Waals surface area (Å²) in [5.41, 5.74) is 6.20. The highest BCUT2D eigenvalue weighted by Gasteiger charge is 2.16. The normalized spacial score (nSPS) is 14.0. The number of methoxy groups -OCH3 is 2. The molecule has 7 nitrogen and oxygen atoms in total. The lowest BCUT2D eigenvalue weighted by Gasteiger charge is -2.35. The number of pyridine rings is 1. The minimum Gasteiger partial charge on any atom is -0.496 e. The summed E-state index contributed by atoms with van der Waals surface area (Å²) < 4.78 is 10.5. The van der Waals surface area contributed by atoms with E-state index < -0.39 is 0 Å². The number of ether oxygens (including phenoxy) is 2. The number of likely N-dealkylation sites (N-methyl/N-ethyl adjacent to an activating group) is 1. The van der Waals surface area contributed by atoms with E-state index in [9.17, 15) is 4.79 Å². The van der Waals surface area contributed by atoms with Gasteiger partial charge in [-0.2, -0.15) is 0 Å². The third kappa shape index (κ3) is 6.87. The van der Waals surface area contributed by atoms with E-state index in [1.165, 1.54) is 12.8 Å². The smallest absolute Gasteiger partial charge is 0.188 e. The molecule has 196 valence electrons. The molecule has 1 N–H and O–H groups in total. The minimum atomic E-state index is -0.0498. The standard InChI is InChI=1S/C30H38N4O3/c1-5-33-14-16-34(17-15-33)27-11-9-26(10-12-27)32-30-13-7-23(20-31-30)6-8-24-18-25(28(35)21-36-3)19-29(37-4)22(24)2/h7,9-13,18-20H,5-6,8,14-17,21H2,1-4H3,(H,31,32). The summed E-state index contributed by atoms with van der Waals surface area (Å²) in [6.07, 6.45) is 3.52. The summed E-state index contributed by atoms with van der Waals surface area (Å²) >= 11 is 0. The van der Waals surface area contributed by atoms with Gasteiger partial charge < -0.3 is 24.6 Å². The van der Waals surface area contributed by atoms with Crippen molar-refractivity contribution in [1.29, 1.82) is 0 Å². The highest BCUT2D eigenvalue weighted by atomic mass is 16.5. The van der Waals surface area contributed by atoms with Crippen LogP contribution >= 0.6 is 0 Å². The first-order valence-electron chi connectivity index (χ1n) is 13.0. The van der Waals surface area contributed by atoms with E-state index in [1.807, 2.05) is 25.3 Å². The fourth-order valence-electron chi connectivity index (χ4n) is 4.74. The molecule has 0 amide bonds. The van der Waals surface area contributed by atoms with Crippen LogP contribution in [0.3, 0.4) is 0 Å². The minimum absolute atomic E-state index is 0.0498. The molecule has 0 bridgehead atoms. The van der Waals surface area contributed by atoms with E-state index in [1.54, 1.807) is 13.2 Å². The van der Waals surface area contributed by atoms with Crippen LogP contribution in [0.4, 0.5) is 17.2 Å². The van der Waals surface area contributed by atoms with Gasteiger partial charge in [0, 0.05) is 56.4 Å². The quantitative estimate of drug-likeness (QED) is 0.374. The molecule has 0 atom stereocenters. The van der Waals surface area contributed by atoms with E-state index >= 15 is 0 Å². The third-order valence-corrected chi connectivity index (χ3v) is 7.12. The Kier molecular flexibility index (Phi) is 9.14. The lowest BCUT2D eigenvalue weighted by Crippen LogP contribution is -2.46. The number of benzene rings is 2. The van der Waals surface area contributed by atoms with Gasteiger partial charge in [-0.05, 0) is 85.5 Å². The number of carbonyl (C=O) groups is 1. The number of Topliss-reactive ketones (excluding diaryl/α,β-unsaturated/α-hetero) is 1. The Morgan fingerprint density at radius 3 is 2.38 bits per heavy atom. The molecular formula is C30H38N4O3. The average Bonchev–Trinajstić information content (AvgIpc) is 2.94. The van der Waals surface area contributed by atoms with Crippen LogP contribution in [-0.4, -0.2) is 69.2 Å². The molecule has 0 radical (unpaired) electrons. The first-order chi connectivity index (χ1) is 18.0. The molecule has 1 aliphatic rings. The molecule has 0 spiro atoms. The van der Waals surface area contributed by atoms with Gasteiger partial charge in [0.1, 0.15) is 18.2 Å². The summed E-state index contributed by atoms with van der Waals surface area (Å²) in [6.45, 7) is 9.83. The summed E-state index contributed by atoms with van der Waals surface area (Å²) in [5, 5.41) is 3.40. The number of aryl methyl sites for hydroxylation is 2. The van der Waals surface area contributed by atoms with E-state index in [0.717, 1.165) is 79.5 Å². The predicted molar refractivity (Wildman–Crippen MR) is 150 cm³/mol. The van der Waals surface area contributed by atoms with Crippen LogP contribution in [0.2, 0.25) is 0 Å². The number of aromatic nitrogens is 1. The molecule has 2 heterocycles. The largest absolute Gasteiger partial charge is 0.496 e. The summed E-state index contributed by atoms with van der Waals surface area (Å²) in [6, 6.07) is 16.5. The summed E-state index contributed by atoms with van der Waals surface area (Å²) in [5.74, 6) is 1.49. The molecule has 0 aliphatic carbocycles. The second kappa shape index (κ2) is 12.7. The highest BCUT2D eigenvalue weighted by Crippen LogP contribution is 2.26. The molecule has 2 aromatic carbocycles. The van der Waals surface area contributed by atoms with E-state index in [-0.39, 0.29) is 12.4 Å². The van der Waals surface area contributed by atoms with Crippen LogP contribution in [-0.2, 0) is 17.6 Å². The lowest BCUT2D eigenvalue weighted by atomic mass is 9.96. The van der Waals surface area contributed by atoms with Crippen molar-refractivity contribution >= 4 is 23.0 Å². The molecule has 1 aromatic heterocycles. The first kappa shape index (κ1) is 26.6. The zero-order valence-electron chi connectivity index (χ0n) is 22.4. The number of nitrogens with zero attached hydrogens (tertiary/aromatic N) is 3. The maximum Gasteiger partial charge on any atom is 0.188 e. The number of anilines is 3. The number of nitrogens with one attached hydrogen (secondary N) is 1. The molecular weight excluding hydrogens is 464 g/mol. The van der Waals surface area contributed by atoms with Crippen LogP contribution in [0.15, 0.2) is 54.7 Å². The molecule has 3 aromatic rings. The zero-order valence-corrected chi connectivity index (χ0v) is 22.4. The third-order valence-electron chi connectivity index (χ3n) is 7.12. The van der Waals surface area contributed by atoms with Crippen molar-refractivity contribution in [3.8, 4) is 5.75 Å². The predicted octanol–water partition coefficient (Wildman–Crippen LogP) is 4.90. The SMILES string of the molecule is CCN1CCN(c2ccc(Nc3ccc(CCc4cc(C(=O)COC)cc(OC)c4C)cn3)cc2)CC1. The fraction of sp³-hybridized carbons (Fsp3) is 0.400. The van der Waals surface area contributed by atoms with Crippen LogP contribution < -0.4 is 15.0 Å². The van der Waals surface area contributed by atoms with Gasteiger partial charge in [0.05, 0.1) is 7.11 Å². The van der Waals surface area contributed by atoms with Crippen molar-refractivity contribution < 1.29 is 14.3 Å². The molecule has 1 aliphatic heterocycles. The Morgan fingerprint density at radius 1 is 1.00 bits per heavy atom. The van der Waals surface area contributed by atoms with Crippen LogP contribution in [0.25, 0.3) is 0 Å². The van der Waals surface area contributed by atoms with Gasteiger partial charge in [0.15, 0.2) is 5.78 Å². The molecule has 1 saturated heterocycles. The number of carbonyl (C=O) groups excluding carboxylic acids is 1. The van der Waals surface area contributed by atoms with Crippen molar-refractivity contribution in [2.24, 2.45) is 0 Å². The van der Waals surface area contributed by atoms with Crippen LogP contribution in [0.5, 0.6) is 5.75 Å². The van der Waals surface area contributed by atoms with Gasteiger partial charge in [-0.25, -0.2) is 4.98 Å². The monoisotopic (exact) mass is 502 g/mol. The number of hydrogen-bond donors (Lipinski definition) is 1. The van der Waals surface area contributed by atoms with Gasteiger partial charge in [0.25, 0.3) is 0 Å². The Morgan fingerprint density at radius 2 is 1.76 bits per heavy atom. The second-order valence-electron chi connectivity index (χ2n) is 9.46. The molecule has 0 saturated carbocycles. The molecule has 37 heavy (non-hydrogen) atoms.